The first kappa shape index (κ1) is 21.9. The lowest BCUT2D eigenvalue weighted by atomic mass is 10.1. The number of hydrogen-bond donors (Lipinski definition) is 2. The standard InChI is InChI=1S/C21H26N4O4S/c1-5-12(3)25-18(26)14-9-7-8-10-15(14)24-21(25)30-11-16-17(19(27)29-6-2)13(4)22-20(28)23-16/h7-10,12-13H,5-6,11H2,1-4H3,(H2,22,23,28)/t12-,13-/m1/s1. The van der Waals surface area contributed by atoms with Crippen LogP contribution in [0, 0.1) is 0 Å². The minimum absolute atomic E-state index is 0.0443. The molecule has 160 valence electrons. The Morgan fingerprint density at radius 3 is 2.73 bits per heavy atom. The van der Waals surface area contributed by atoms with Crippen molar-refractivity contribution in [2.45, 2.75) is 51.4 Å². The first-order valence-corrected chi connectivity index (χ1v) is 11.0. The van der Waals surface area contributed by atoms with Gasteiger partial charge in [-0.1, -0.05) is 30.8 Å². The van der Waals surface area contributed by atoms with Crippen molar-refractivity contribution in [1.29, 1.82) is 0 Å². The smallest absolute Gasteiger partial charge is 0.337 e. The fourth-order valence-corrected chi connectivity index (χ4v) is 4.39. The van der Waals surface area contributed by atoms with E-state index in [1.165, 1.54) is 11.8 Å². The van der Waals surface area contributed by atoms with Crippen molar-refractivity contribution in [2.75, 3.05) is 12.4 Å². The third kappa shape index (κ3) is 4.35. The van der Waals surface area contributed by atoms with Gasteiger partial charge in [-0.25, -0.2) is 14.6 Å². The van der Waals surface area contributed by atoms with E-state index in [4.69, 9.17) is 9.72 Å². The molecule has 0 spiro atoms. The molecule has 0 unspecified atom stereocenters. The summed E-state index contributed by atoms with van der Waals surface area (Å²) in [6.07, 6.45) is 0.766. The molecule has 0 aliphatic carbocycles. The van der Waals surface area contributed by atoms with Crippen molar-refractivity contribution in [3.63, 3.8) is 0 Å². The van der Waals surface area contributed by atoms with Gasteiger partial charge in [0.25, 0.3) is 5.56 Å². The normalized spacial score (nSPS) is 17.5. The highest BCUT2D eigenvalue weighted by atomic mass is 32.2. The van der Waals surface area contributed by atoms with Crippen LogP contribution in [0.1, 0.15) is 40.2 Å². The lowest BCUT2D eigenvalue weighted by molar-refractivity contribution is -0.138. The molecule has 8 nitrogen and oxygen atoms in total. The lowest BCUT2D eigenvalue weighted by Crippen LogP contribution is -2.49. The molecule has 1 aliphatic heterocycles. The molecule has 2 aromatic rings. The first-order valence-electron chi connectivity index (χ1n) is 9.99. The second-order valence-electron chi connectivity index (χ2n) is 7.07. The van der Waals surface area contributed by atoms with E-state index in [-0.39, 0.29) is 30.0 Å². The number of hydrogen-bond acceptors (Lipinski definition) is 6. The van der Waals surface area contributed by atoms with Gasteiger partial charge in [0.05, 0.1) is 29.1 Å². The SMILES string of the molecule is CCOC(=O)C1=C(CSc2nc3ccccc3c(=O)n2[C@H](C)CC)NC(=O)N[C@@H]1C. The van der Waals surface area contributed by atoms with E-state index in [0.29, 0.717) is 27.3 Å². The van der Waals surface area contributed by atoms with Crippen LogP contribution in [0.2, 0.25) is 0 Å². The molecule has 1 aromatic heterocycles. The summed E-state index contributed by atoms with van der Waals surface area (Å²) in [6.45, 7) is 7.69. The monoisotopic (exact) mass is 430 g/mol. The molecule has 2 heterocycles. The Balaban J connectivity index is 2.02. The maximum Gasteiger partial charge on any atom is 0.337 e. The van der Waals surface area contributed by atoms with Gasteiger partial charge in [-0.3, -0.25) is 9.36 Å². The third-order valence-corrected chi connectivity index (χ3v) is 6.00. The number of rotatable bonds is 7. The summed E-state index contributed by atoms with van der Waals surface area (Å²) in [5.41, 5.74) is 1.36. The zero-order chi connectivity index (χ0) is 21.8. The third-order valence-electron chi connectivity index (χ3n) is 5.02. The largest absolute Gasteiger partial charge is 0.463 e. The Bertz CT molecular complexity index is 1060. The van der Waals surface area contributed by atoms with E-state index in [1.54, 1.807) is 30.5 Å². The van der Waals surface area contributed by atoms with Crippen LogP contribution < -0.4 is 16.2 Å². The molecule has 2 amide bonds. The topological polar surface area (TPSA) is 102 Å². The highest BCUT2D eigenvalue weighted by Crippen LogP contribution is 2.26. The predicted octanol–water partition coefficient (Wildman–Crippen LogP) is 2.98. The number of aromatic nitrogens is 2. The van der Waals surface area contributed by atoms with Crippen molar-refractivity contribution in [3.05, 3.63) is 45.9 Å². The molecule has 0 radical (unpaired) electrons. The molecular formula is C21H26N4O4S. The fourth-order valence-electron chi connectivity index (χ4n) is 3.33. The number of nitrogens with one attached hydrogen (secondary N) is 2. The Morgan fingerprint density at radius 2 is 2.03 bits per heavy atom. The maximum atomic E-state index is 13.1. The summed E-state index contributed by atoms with van der Waals surface area (Å²) in [5.74, 6) is -0.202. The Labute approximate surface area is 179 Å². The van der Waals surface area contributed by atoms with Crippen molar-refractivity contribution >= 4 is 34.7 Å². The zero-order valence-electron chi connectivity index (χ0n) is 17.5. The molecule has 2 N–H and O–H groups in total. The van der Waals surface area contributed by atoms with E-state index in [0.717, 1.165) is 6.42 Å². The van der Waals surface area contributed by atoms with Gasteiger partial charge >= 0.3 is 12.0 Å². The first-order chi connectivity index (χ1) is 14.4. The Kier molecular flexibility index (Phi) is 6.81. The summed E-state index contributed by atoms with van der Waals surface area (Å²) in [5, 5.41) is 6.51. The van der Waals surface area contributed by atoms with Crippen molar-refractivity contribution in [1.82, 2.24) is 20.2 Å². The van der Waals surface area contributed by atoms with Crippen LogP contribution in [0.3, 0.4) is 0 Å². The van der Waals surface area contributed by atoms with Crippen molar-refractivity contribution < 1.29 is 14.3 Å². The molecule has 0 fully saturated rings. The van der Waals surface area contributed by atoms with Crippen LogP contribution in [0.5, 0.6) is 0 Å². The van der Waals surface area contributed by atoms with Crippen LogP contribution in [0.4, 0.5) is 4.79 Å². The van der Waals surface area contributed by atoms with Gasteiger partial charge in [-0.2, -0.15) is 0 Å². The Hall–Kier alpha value is -2.81. The summed E-state index contributed by atoms with van der Waals surface area (Å²) in [4.78, 5) is 42.2. The number of thioether (sulfide) groups is 1. The van der Waals surface area contributed by atoms with E-state index < -0.39 is 12.0 Å². The molecule has 2 atom stereocenters. The van der Waals surface area contributed by atoms with Gasteiger partial charge < -0.3 is 15.4 Å². The van der Waals surface area contributed by atoms with Gasteiger partial charge in [0.1, 0.15) is 0 Å². The molecule has 0 saturated carbocycles. The average Bonchev–Trinajstić information content (AvgIpc) is 2.71. The Morgan fingerprint density at radius 1 is 1.30 bits per heavy atom. The van der Waals surface area contributed by atoms with Crippen LogP contribution in [-0.4, -0.2) is 40.0 Å². The number of carbonyl (C=O) groups is 2. The van der Waals surface area contributed by atoms with Crippen molar-refractivity contribution in [2.24, 2.45) is 0 Å². The number of fused-ring (bicyclic) bond motifs is 1. The fraction of sp³-hybridized carbons (Fsp3) is 0.429. The number of carbonyl (C=O) groups excluding carboxylic acids is 2. The second-order valence-corrected chi connectivity index (χ2v) is 8.01. The van der Waals surface area contributed by atoms with Gasteiger partial charge in [0.15, 0.2) is 5.16 Å². The quantitative estimate of drug-likeness (QED) is 0.398. The molecule has 0 bridgehead atoms. The highest BCUT2D eigenvalue weighted by molar-refractivity contribution is 7.99. The highest BCUT2D eigenvalue weighted by Gasteiger charge is 2.30. The number of benzene rings is 1. The van der Waals surface area contributed by atoms with Crippen LogP contribution >= 0.6 is 11.8 Å². The number of amides is 2. The summed E-state index contributed by atoms with van der Waals surface area (Å²) < 4.78 is 6.84. The minimum Gasteiger partial charge on any atom is -0.463 e. The number of ether oxygens (including phenoxy) is 1. The van der Waals surface area contributed by atoms with Crippen LogP contribution in [0.15, 0.2) is 45.5 Å². The summed E-state index contributed by atoms with van der Waals surface area (Å²) in [6, 6.07) is 6.34. The van der Waals surface area contributed by atoms with Gasteiger partial charge in [-0.15, -0.1) is 0 Å². The second kappa shape index (κ2) is 9.34. The number of urea groups is 1. The summed E-state index contributed by atoms with van der Waals surface area (Å²) in [7, 11) is 0. The van der Waals surface area contributed by atoms with Gasteiger partial charge in [0, 0.05) is 17.5 Å². The zero-order valence-corrected chi connectivity index (χ0v) is 18.3. The van der Waals surface area contributed by atoms with Crippen LogP contribution in [-0.2, 0) is 9.53 Å². The molecule has 3 rings (SSSR count). The maximum absolute atomic E-state index is 13.1. The number of esters is 1. The molecular weight excluding hydrogens is 404 g/mol. The van der Waals surface area contributed by atoms with Gasteiger partial charge in [-0.05, 0) is 39.3 Å². The van der Waals surface area contributed by atoms with E-state index in [9.17, 15) is 14.4 Å². The summed E-state index contributed by atoms with van der Waals surface area (Å²) >= 11 is 1.31. The number of para-hydroxylation sites is 1. The van der Waals surface area contributed by atoms with E-state index in [1.807, 2.05) is 26.0 Å². The van der Waals surface area contributed by atoms with Crippen molar-refractivity contribution in [3.8, 4) is 0 Å². The van der Waals surface area contributed by atoms with E-state index >= 15 is 0 Å². The van der Waals surface area contributed by atoms with Crippen LogP contribution in [0.25, 0.3) is 10.9 Å². The van der Waals surface area contributed by atoms with Gasteiger partial charge in [0.2, 0.25) is 0 Å². The molecule has 1 aromatic carbocycles. The molecule has 9 heteroatoms. The lowest BCUT2D eigenvalue weighted by Gasteiger charge is -2.26. The number of nitrogens with zero attached hydrogens (tertiary/aromatic N) is 2. The van der Waals surface area contributed by atoms with E-state index in [2.05, 4.69) is 10.6 Å². The molecule has 0 saturated heterocycles. The minimum atomic E-state index is -0.477. The average molecular weight is 431 g/mol. The predicted molar refractivity (Wildman–Crippen MR) is 117 cm³/mol. The molecule has 30 heavy (non-hydrogen) atoms. The molecule has 1 aliphatic rings.